The third-order valence-electron chi connectivity index (χ3n) is 2.01. The SMILES string of the molecule is Nc1ccc2[nH]cc(C([NH3+])=O)c2c1. The summed E-state index contributed by atoms with van der Waals surface area (Å²) in [7, 11) is 0. The molecule has 0 saturated heterocycles. The molecule has 1 heterocycles. The van der Waals surface area contributed by atoms with E-state index in [-0.39, 0.29) is 5.91 Å². The Hall–Kier alpha value is -1.81. The van der Waals surface area contributed by atoms with Gasteiger partial charge >= 0.3 is 5.91 Å². The molecule has 1 aromatic heterocycles. The number of carbonyl (C=O) groups excluding carboxylic acids is 1. The standard InChI is InChI=1S/C9H9N3O/c10-5-1-2-8-6(3-5)7(4-12-8)9(11)13/h1-4,12H,10H2,(H2,11,13)/p+1. The lowest BCUT2D eigenvalue weighted by Crippen LogP contribution is -2.56. The van der Waals surface area contributed by atoms with Crippen molar-refractivity contribution in [2.45, 2.75) is 0 Å². The van der Waals surface area contributed by atoms with Crippen molar-refractivity contribution in [3.8, 4) is 0 Å². The van der Waals surface area contributed by atoms with Gasteiger partial charge in [0.05, 0.1) is 0 Å². The zero-order valence-electron chi connectivity index (χ0n) is 7.00. The molecule has 0 aliphatic carbocycles. The summed E-state index contributed by atoms with van der Waals surface area (Å²) in [6.07, 6.45) is 1.65. The van der Waals surface area contributed by atoms with Gasteiger partial charge in [0.25, 0.3) is 0 Å². The van der Waals surface area contributed by atoms with Crippen LogP contribution in [0.25, 0.3) is 10.9 Å². The lowest BCUT2D eigenvalue weighted by atomic mass is 10.1. The van der Waals surface area contributed by atoms with E-state index in [1.807, 2.05) is 6.07 Å². The van der Waals surface area contributed by atoms with Gasteiger partial charge in [-0.05, 0) is 18.2 Å². The van der Waals surface area contributed by atoms with Crippen molar-refractivity contribution >= 4 is 22.5 Å². The summed E-state index contributed by atoms with van der Waals surface area (Å²) in [6.45, 7) is 0. The molecular weight excluding hydrogens is 166 g/mol. The molecule has 1 aromatic carbocycles. The van der Waals surface area contributed by atoms with E-state index >= 15 is 0 Å². The summed E-state index contributed by atoms with van der Waals surface area (Å²) >= 11 is 0. The van der Waals surface area contributed by atoms with Gasteiger partial charge in [0.1, 0.15) is 5.56 Å². The topological polar surface area (TPSA) is 86.5 Å². The Morgan fingerprint density at radius 3 is 2.92 bits per heavy atom. The van der Waals surface area contributed by atoms with Gasteiger partial charge in [-0.1, -0.05) is 0 Å². The van der Waals surface area contributed by atoms with Crippen LogP contribution in [-0.2, 0) is 0 Å². The molecule has 0 radical (unpaired) electrons. The Morgan fingerprint density at radius 2 is 2.23 bits per heavy atom. The van der Waals surface area contributed by atoms with Gasteiger partial charge in [0.2, 0.25) is 0 Å². The van der Waals surface area contributed by atoms with Crippen LogP contribution in [0.2, 0.25) is 0 Å². The van der Waals surface area contributed by atoms with E-state index in [9.17, 15) is 4.79 Å². The lowest BCUT2D eigenvalue weighted by molar-refractivity contribution is -0.254. The minimum absolute atomic E-state index is 0.197. The van der Waals surface area contributed by atoms with E-state index in [2.05, 4.69) is 10.7 Å². The van der Waals surface area contributed by atoms with Crippen LogP contribution < -0.4 is 11.5 Å². The Morgan fingerprint density at radius 1 is 1.46 bits per heavy atom. The number of nitrogen functional groups attached to an aromatic ring is 1. The molecule has 0 unspecified atom stereocenters. The van der Waals surface area contributed by atoms with Crippen LogP contribution in [0.5, 0.6) is 0 Å². The highest BCUT2D eigenvalue weighted by Gasteiger charge is 2.10. The van der Waals surface area contributed by atoms with Gasteiger partial charge in [0.15, 0.2) is 0 Å². The zero-order valence-corrected chi connectivity index (χ0v) is 7.00. The number of H-pyrrole nitrogens is 1. The fourth-order valence-corrected chi connectivity index (χ4v) is 1.37. The first-order valence-electron chi connectivity index (χ1n) is 3.91. The summed E-state index contributed by atoms with van der Waals surface area (Å²) in [5.74, 6) is -0.197. The quantitative estimate of drug-likeness (QED) is 0.539. The fourth-order valence-electron chi connectivity index (χ4n) is 1.37. The lowest BCUT2D eigenvalue weighted by Gasteiger charge is -1.93. The van der Waals surface area contributed by atoms with Gasteiger partial charge in [-0.2, -0.15) is 0 Å². The predicted molar refractivity (Wildman–Crippen MR) is 49.9 cm³/mol. The number of hydrogen-bond donors (Lipinski definition) is 3. The highest BCUT2D eigenvalue weighted by Crippen LogP contribution is 2.19. The molecule has 0 bridgehead atoms. The maximum Gasteiger partial charge on any atom is 0.343 e. The minimum atomic E-state index is -0.197. The molecule has 13 heavy (non-hydrogen) atoms. The van der Waals surface area contributed by atoms with Crippen LogP contribution in [-0.4, -0.2) is 10.9 Å². The monoisotopic (exact) mass is 176 g/mol. The first-order chi connectivity index (χ1) is 6.18. The van der Waals surface area contributed by atoms with E-state index in [0.29, 0.717) is 11.3 Å². The molecule has 2 rings (SSSR count). The number of fused-ring (bicyclic) bond motifs is 1. The number of anilines is 1. The molecule has 0 fully saturated rings. The summed E-state index contributed by atoms with van der Waals surface area (Å²) in [4.78, 5) is 14.0. The highest BCUT2D eigenvalue weighted by molar-refractivity contribution is 6.03. The predicted octanol–water partition coefficient (Wildman–Crippen LogP) is 0.132. The Bertz CT molecular complexity index is 473. The van der Waals surface area contributed by atoms with Crippen LogP contribution in [0.1, 0.15) is 10.4 Å². The maximum absolute atomic E-state index is 11.1. The normalized spacial score (nSPS) is 10.5. The van der Waals surface area contributed by atoms with Crippen molar-refractivity contribution in [1.82, 2.24) is 4.98 Å². The molecule has 0 spiro atoms. The van der Waals surface area contributed by atoms with Crippen LogP contribution >= 0.6 is 0 Å². The first-order valence-corrected chi connectivity index (χ1v) is 3.91. The first kappa shape index (κ1) is 7.82. The number of rotatable bonds is 1. The summed E-state index contributed by atoms with van der Waals surface area (Å²) in [5, 5.41) is 0.833. The third kappa shape index (κ3) is 1.17. The van der Waals surface area contributed by atoms with E-state index in [4.69, 9.17) is 5.73 Å². The largest absolute Gasteiger partial charge is 0.399 e. The number of carbonyl (C=O) groups is 1. The number of aromatic amines is 1. The Kier molecular flexibility index (Phi) is 1.56. The van der Waals surface area contributed by atoms with Gasteiger partial charge in [-0.15, -0.1) is 0 Å². The maximum atomic E-state index is 11.1. The highest BCUT2D eigenvalue weighted by atomic mass is 16.1. The second-order valence-corrected chi connectivity index (χ2v) is 2.93. The van der Waals surface area contributed by atoms with Crippen LogP contribution in [0.15, 0.2) is 24.4 Å². The van der Waals surface area contributed by atoms with Gasteiger partial charge < -0.3 is 10.7 Å². The zero-order chi connectivity index (χ0) is 9.42. The average Bonchev–Trinajstić information content (AvgIpc) is 2.46. The number of aromatic nitrogens is 1. The molecule has 0 saturated carbocycles. The fraction of sp³-hybridized carbons (Fsp3) is 0. The van der Waals surface area contributed by atoms with Crippen molar-refractivity contribution < 1.29 is 10.5 Å². The van der Waals surface area contributed by atoms with Crippen molar-refractivity contribution in [2.24, 2.45) is 0 Å². The van der Waals surface area contributed by atoms with Gasteiger partial charge in [-0.25, -0.2) is 4.79 Å². The second kappa shape index (κ2) is 2.60. The van der Waals surface area contributed by atoms with Crippen LogP contribution in [0, 0.1) is 0 Å². The third-order valence-corrected chi connectivity index (χ3v) is 2.01. The van der Waals surface area contributed by atoms with Gasteiger partial charge in [0, 0.05) is 22.8 Å². The molecule has 1 amide bonds. The number of nitrogens with one attached hydrogen (secondary N) is 1. The number of nitrogens with two attached hydrogens (primary N) is 1. The van der Waals surface area contributed by atoms with Crippen LogP contribution in [0.4, 0.5) is 5.69 Å². The molecule has 6 N–H and O–H groups in total. The smallest absolute Gasteiger partial charge is 0.343 e. The van der Waals surface area contributed by atoms with Crippen molar-refractivity contribution in [1.29, 1.82) is 0 Å². The van der Waals surface area contributed by atoms with E-state index in [1.54, 1.807) is 18.3 Å². The molecular formula is C9H10N3O+. The second-order valence-electron chi connectivity index (χ2n) is 2.93. The van der Waals surface area contributed by atoms with E-state index < -0.39 is 0 Å². The molecule has 4 nitrogen and oxygen atoms in total. The summed E-state index contributed by atoms with van der Waals surface area (Å²) in [5.41, 5.74) is 11.1. The minimum Gasteiger partial charge on any atom is -0.399 e. The summed E-state index contributed by atoms with van der Waals surface area (Å²) in [6, 6.07) is 5.40. The van der Waals surface area contributed by atoms with E-state index in [1.165, 1.54) is 0 Å². The molecule has 0 aliphatic heterocycles. The van der Waals surface area contributed by atoms with Crippen molar-refractivity contribution in [2.75, 3.05) is 5.73 Å². The Labute approximate surface area is 74.5 Å². The molecule has 2 aromatic rings. The van der Waals surface area contributed by atoms with Gasteiger partial charge in [-0.3, -0.25) is 5.73 Å². The number of benzene rings is 1. The van der Waals surface area contributed by atoms with E-state index in [0.717, 1.165) is 10.9 Å². The molecule has 0 atom stereocenters. The Balaban J connectivity index is 2.79. The van der Waals surface area contributed by atoms with Crippen molar-refractivity contribution in [3.05, 3.63) is 30.0 Å². The molecule has 66 valence electrons. The summed E-state index contributed by atoms with van der Waals surface area (Å²) < 4.78 is 0. The molecule has 4 heteroatoms. The number of amides is 1. The number of quaternary nitrogens is 1. The van der Waals surface area contributed by atoms with Crippen LogP contribution in [0.3, 0.4) is 0 Å². The molecule has 0 aliphatic rings. The van der Waals surface area contributed by atoms with Crippen molar-refractivity contribution in [3.63, 3.8) is 0 Å². The number of hydrogen-bond acceptors (Lipinski definition) is 2. The average molecular weight is 176 g/mol.